The first-order valence-corrected chi connectivity index (χ1v) is 7.26. The standard InChI is InChI=1S/C13H12N4O3S/c1-7-6-9(4-5-10(7)17(19)20)11(18)14-13-16-15-12(21-13)8-2-3-8/h4-6,8H,2-3H2,1H3,(H,14,16,18). The van der Waals surface area contributed by atoms with Crippen molar-refractivity contribution in [3.8, 4) is 0 Å². The van der Waals surface area contributed by atoms with E-state index in [-0.39, 0.29) is 11.6 Å². The zero-order valence-corrected chi connectivity index (χ0v) is 12.0. The number of aryl methyl sites for hydroxylation is 1. The number of nitrogens with one attached hydrogen (secondary N) is 1. The molecule has 8 heteroatoms. The highest BCUT2D eigenvalue weighted by atomic mass is 32.1. The normalized spacial score (nSPS) is 14.0. The number of amides is 1. The predicted molar refractivity (Wildman–Crippen MR) is 77.7 cm³/mol. The molecule has 2 aromatic rings. The molecule has 7 nitrogen and oxygen atoms in total. The van der Waals surface area contributed by atoms with Gasteiger partial charge in [0.1, 0.15) is 5.01 Å². The Balaban J connectivity index is 1.75. The van der Waals surface area contributed by atoms with Crippen LogP contribution >= 0.6 is 11.3 Å². The van der Waals surface area contributed by atoms with Crippen LogP contribution in [-0.2, 0) is 0 Å². The van der Waals surface area contributed by atoms with E-state index >= 15 is 0 Å². The highest BCUT2D eigenvalue weighted by molar-refractivity contribution is 7.15. The molecular formula is C13H12N4O3S. The SMILES string of the molecule is Cc1cc(C(=O)Nc2nnc(C3CC3)s2)ccc1[N+](=O)[O-]. The molecule has 1 amide bonds. The molecule has 3 rings (SSSR count). The molecule has 108 valence electrons. The molecule has 0 aliphatic heterocycles. The number of hydrogen-bond acceptors (Lipinski definition) is 6. The van der Waals surface area contributed by atoms with Crippen LogP contribution in [0.2, 0.25) is 0 Å². The minimum atomic E-state index is -0.469. The van der Waals surface area contributed by atoms with Gasteiger partial charge in [-0.25, -0.2) is 0 Å². The maximum absolute atomic E-state index is 12.1. The van der Waals surface area contributed by atoms with Crippen LogP contribution in [0.25, 0.3) is 0 Å². The van der Waals surface area contributed by atoms with E-state index in [0.29, 0.717) is 22.2 Å². The second kappa shape index (κ2) is 5.21. The number of nitrogens with zero attached hydrogens (tertiary/aromatic N) is 3. The van der Waals surface area contributed by atoms with Gasteiger partial charge in [-0.1, -0.05) is 11.3 Å². The quantitative estimate of drug-likeness (QED) is 0.691. The van der Waals surface area contributed by atoms with Crippen LogP contribution in [0.1, 0.15) is 39.7 Å². The molecule has 1 aliphatic rings. The molecule has 0 radical (unpaired) electrons. The van der Waals surface area contributed by atoms with Crippen LogP contribution in [-0.4, -0.2) is 21.0 Å². The molecule has 1 fully saturated rings. The van der Waals surface area contributed by atoms with Gasteiger partial charge >= 0.3 is 0 Å². The van der Waals surface area contributed by atoms with Crippen LogP contribution in [0.3, 0.4) is 0 Å². The molecule has 0 bridgehead atoms. The zero-order chi connectivity index (χ0) is 15.0. The summed E-state index contributed by atoms with van der Waals surface area (Å²) < 4.78 is 0. The van der Waals surface area contributed by atoms with Gasteiger partial charge in [-0.3, -0.25) is 20.2 Å². The molecule has 1 N–H and O–H groups in total. The van der Waals surface area contributed by atoms with Crippen molar-refractivity contribution in [3.05, 3.63) is 44.4 Å². The van der Waals surface area contributed by atoms with E-state index in [4.69, 9.17) is 0 Å². The number of carbonyl (C=O) groups is 1. The Hall–Kier alpha value is -2.35. The van der Waals surface area contributed by atoms with Gasteiger partial charge < -0.3 is 0 Å². The number of hydrogen-bond donors (Lipinski definition) is 1. The molecule has 1 aromatic carbocycles. The van der Waals surface area contributed by atoms with Crippen molar-refractivity contribution < 1.29 is 9.72 Å². The van der Waals surface area contributed by atoms with Gasteiger partial charge in [-0.05, 0) is 31.9 Å². The van der Waals surface area contributed by atoms with Gasteiger partial charge in [-0.2, -0.15) is 0 Å². The third-order valence-corrected chi connectivity index (χ3v) is 4.24. The fourth-order valence-corrected chi connectivity index (χ4v) is 2.86. The summed E-state index contributed by atoms with van der Waals surface area (Å²) in [6.45, 7) is 1.60. The minimum Gasteiger partial charge on any atom is -0.296 e. The van der Waals surface area contributed by atoms with E-state index < -0.39 is 4.92 Å². The summed E-state index contributed by atoms with van der Waals surface area (Å²) in [6, 6.07) is 4.26. The Labute approximate surface area is 124 Å². The summed E-state index contributed by atoms with van der Waals surface area (Å²) in [7, 11) is 0. The van der Waals surface area contributed by atoms with Gasteiger partial charge in [0.2, 0.25) is 5.13 Å². The third-order valence-electron chi connectivity index (χ3n) is 3.24. The Bertz CT molecular complexity index is 724. The maximum Gasteiger partial charge on any atom is 0.272 e. The van der Waals surface area contributed by atoms with E-state index in [0.717, 1.165) is 17.8 Å². The van der Waals surface area contributed by atoms with Crippen molar-refractivity contribution in [2.45, 2.75) is 25.7 Å². The minimum absolute atomic E-state index is 0.00140. The van der Waals surface area contributed by atoms with E-state index in [1.165, 1.54) is 29.5 Å². The Morgan fingerprint density at radius 3 is 2.81 bits per heavy atom. The molecule has 0 unspecified atom stereocenters. The molecule has 0 atom stereocenters. The summed E-state index contributed by atoms with van der Waals surface area (Å²) in [5.41, 5.74) is 0.809. The molecule has 1 aliphatic carbocycles. The Kier molecular flexibility index (Phi) is 3.38. The van der Waals surface area contributed by atoms with Crippen LogP contribution in [0, 0.1) is 17.0 Å². The first kappa shape index (κ1) is 13.6. The maximum atomic E-state index is 12.1. The molecule has 1 saturated carbocycles. The fraction of sp³-hybridized carbons (Fsp3) is 0.308. The van der Waals surface area contributed by atoms with E-state index in [2.05, 4.69) is 15.5 Å². The third kappa shape index (κ3) is 2.89. The monoisotopic (exact) mass is 304 g/mol. The van der Waals surface area contributed by atoms with Crippen molar-refractivity contribution in [2.75, 3.05) is 5.32 Å². The number of nitro groups is 1. The smallest absolute Gasteiger partial charge is 0.272 e. The summed E-state index contributed by atoms with van der Waals surface area (Å²) in [5.74, 6) is 0.154. The highest BCUT2D eigenvalue weighted by Gasteiger charge is 2.27. The van der Waals surface area contributed by atoms with Crippen molar-refractivity contribution >= 4 is 28.1 Å². The zero-order valence-electron chi connectivity index (χ0n) is 11.2. The van der Waals surface area contributed by atoms with E-state index in [1.807, 2.05) is 0 Å². The van der Waals surface area contributed by atoms with E-state index in [9.17, 15) is 14.9 Å². The molecule has 0 spiro atoms. The lowest BCUT2D eigenvalue weighted by Crippen LogP contribution is -2.12. The number of carbonyl (C=O) groups excluding carboxylic acids is 1. The first-order chi connectivity index (χ1) is 10.0. The first-order valence-electron chi connectivity index (χ1n) is 6.44. The summed E-state index contributed by atoms with van der Waals surface area (Å²) in [6.07, 6.45) is 2.26. The topological polar surface area (TPSA) is 98.0 Å². The van der Waals surface area contributed by atoms with Crippen molar-refractivity contribution in [1.82, 2.24) is 10.2 Å². The number of anilines is 1. The van der Waals surface area contributed by atoms with Crippen molar-refractivity contribution in [1.29, 1.82) is 0 Å². The fourth-order valence-electron chi connectivity index (χ4n) is 1.95. The summed E-state index contributed by atoms with van der Waals surface area (Å²) in [5, 5.41) is 22.8. The van der Waals surface area contributed by atoms with Gasteiger partial charge in [0.15, 0.2) is 0 Å². The molecule has 0 saturated heterocycles. The number of benzene rings is 1. The molecule has 1 heterocycles. The average molecular weight is 304 g/mol. The molecule has 1 aromatic heterocycles. The number of nitro benzene ring substituents is 1. The van der Waals surface area contributed by atoms with E-state index in [1.54, 1.807) is 6.92 Å². The molecular weight excluding hydrogens is 292 g/mol. The lowest BCUT2D eigenvalue weighted by atomic mass is 10.1. The lowest BCUT2D eigenvalue weighted by Gasteiger charge is -2.03. The lowest BCUT2D eigenvalue weighted by molar-refractivity contribution is -0.385. The number of rotatable bonds is 4. The largest absolute Gasteiger partial charge is 0.296 e. The second-order valence-electron chi connectivity index (χ2n) is 4.93. The highest BCUT2D eigenvalue weighted by Crippen LogP contribution is 2.42. The summed E-state index contributed by atoms with van der Waals surface area (Å²) in [4.78, 5) is 22.4. The van der Waals surface area contributed by atoms with Crippen molar-refractivity contribution in [3.63, 3.8) is 0 Å². The van der Waals surface area contributed by atoms with Crippen LogP contribution < -0.4 is 5.32 Å². The Morgan fingerprint density at radius 2 is 2.19 bits per heavy atom. The van der Waals surface area contributed by atoms with Crippen LogP contribution in [0.5, 0.6) is 0 Å². The molecule has 21 heavy (non-hydrogen) atoms. The van der Waals surface area contributed by atoms with Gasteiger partial charge in [0.25, 0.3) is 11.6 Å². The van der Waals surface area contributed by atoms with Crippen LogP contribution in [0.4, 0.5) is 10.8 Å². The predicted octanol–water partition coefficient (Wildman–Crippen LogP) is 2.88. The average Bonchev–Trinajstić information content (AvgIpc) is 3.19. The van der Waals surface area contributed by atoms with Crippen LogP contribution in [0.15, 0.2) is 18.2 Å². The Morgan fingerprint density at radius 1 is 1.43 bits per heavy atom. The van der Waals surface area contributed by atoms with Gasteiger partial charge in [-0.15, -0.1) is 10.2 Å². The number of aromatic nitrogens is 2. The van der Waals surface area contributed by atoms with Crippen molar-refractivity contribution in [2.24, 2.45) is 0 Å². The summed E-state index contributed by atoms with van der Waals surface area (Å²) >= 11 is 1.38. The van der Waals surface area contributed by atoms with Gasteiger partial charge in [0, 0.05) is 23.1 Å². The second-order valence-corrected chi connectivity index (χ2v) is 5.94. The van der Waals surface area contributed by atoms with Gasteiger partial charge in [0.05, 0.1) is 4.92 Å².